The Morgan fingerprint density at radius 3 is 2.74 bits per heavy atom. The summed E-state index contributed by atoms with van der Waals surface area (Å²) in [6.45, 7) is 4.05. The maximum absolute atomic E-state index is 12.5. The predicted octanol–water partition coefficient (Wildman–Crippen LogP) is 2.40. The molecule has 5 nitrogen and oxygen atoms in total. The van der Waals surface area contributed by atoms with Gasteiger partial charge >= 0.3 is 0 Å². The number of carbonyl (C=O) groups is 1. The number of hydrogen-bond donors (Lipinski definition) is 0. The number of carbonyl (C=O) groups excluding carboxylic acids is 1. The lowest BCUT2D eigenvalue weighted by molar-refractivity contribution is -0.133. The van der Waals surface area contributed by atoms with Crippen molar-refractivity contribution in [3.05, 3.63) is 11.6 Å². The van der Waals surface area contributed by atoms with E-state index in [0.29, 0.717) is 12.5 Å². The molecule has 132 valence electrons. The number of sulfonamides is 1. The molecule has 0 N–H and O–H groups in total. The second-order valence-corrected chi connectivity index (χ2v) is 9.02. The van der Waals surface area contributed by atoms with Crippen LogP contribution in [0.4, 0.5) is 0 Å². The third-order valence-corrected chi connectivity index (χ3v) is 6.11. The van der Waals surface area contributed by atoms with Gasteiger partial charge in [0.15, 0.2) is 0 Å². The molecule has 1 amide bonds. The van der Waals surface area contributed by atoms with Gasteiger partial charge in [0, 0.05) is 19.6 Å². The molecule has 6 heteroatoms. The molecule has 1 saturated heterocycles. The zero-order valence-corrected chi connectivity index (χ0v) is 15.3. The summed E-state index contributed by atoms with van der Waals surface area (Å²) in [5.41, 5.74) is 1.34. The van der Waals surface area contributed by atoms with Crippen LogP contribution in [0.5, 0.6) is 0 Å². The highest BCUT2D eigenvalue weighted by Crippen LogP contribution is 2.21. The molecule has 1 atom stereocenters. The van der Waals surface area contributed by atoms with Gasteiger partial charge in [-0.25, -0.2) is 8.42 Å². The van der Waals surface area contributed by atoms with Crippen molar-refractivity contribution in [3.8, 4) is 0 Å². The van der Waals surface area contributed by atoms with E-state index in [-0.39, 0.29) is 12.5 Å². The third-order valence-electron chi connectivity index (χ3n) is 4.86. The molecule has 0 aromatic heterocycles. The molecule has 2 aliphatic rings. The molecule has 1 heterocycles. The highest BCUT2D eigenvalue weighted by atomic mass is 32.2. The van der Waals surface area contributed by atoms with Crippen molar-refractivity contribution in [1.29, 1.82) is 0 Å². The number of piperidine rings is 1. The highest BCUT2D eigenvalue weighted by molar-refractivity contribution is 7.88. The SMILES string of the molecule is CC1CCCN(C(=O)CN(CCC2=CCCCC2)S(C)(=O)=O)C1. The first kappa shape index (κ1) is 18.5. The number of hydrogen-bond acceptors (Lipinski definition) is 3. The molecule has 1 fully saturated rings. The van der Waals surface area contributed by atoms with Gasteiger partial charge in [-0.15, -0.1) is 0 Å². The van der Waals surface area contributed by atoms with Gasteiger partial charge in [-0.05, 0) is 50.9 Å². The van der Waals surface area contributed by atoms with Crippen molar-refractivity contribution in [2.75, 3.05) is 32.4 Å². The average Bonchev–Trinajstić information content (AvgIpc) is 2.51. The summed E-state index contributed by atoms with van der Waals surface area (Å²) in [6, 6.07) is 0. The van der Waals surface area contributed by atoms with E-state index in [1.165, 1.54) is 29.0 Å². The fraction of sp³-hybridized carbons (Fsp3) is 0.824. The number of amides is 1. The van der Waals surface area contributed by atoms with Gasteiger partial charge in [0.1, 0.15) is 0 Å². The van der Waals surface area contributed by atoms with Crippen molar-refractivity contribution < 1.29 is 13.2 Å². The maximum atomic E-state index is 12.5. The van der Waals surface area contributed by atoms with Gasteiger partial charge < -0.3 is 4.90 Å². The summed E-state index contributed by atoms with van der Waals surface area (Å²) in [7, 11) is -3.35. The Morgan fingerprint density at radius 1 is 1.35 bits per heavy atom. The fourth-order valence-corrected chi connectivity index (χ4v) is 4.20. The van der Waals surface area contributed by atoms with Crippen LogP contribution in [0.2, 0.25) is 0 Å². The monoisotopic (exact) mass is 342 g/mol. The maximum Gasteiger partial charge on any atom is 0.237 e. The normalized spacial score (nSPS) is 23.0. The second kappa shape index (κ2) is 8.29. The van der Waals surface area contributed by atoms with Gasteiger partial charge in [0.2, 0.25) is 15.9 Å². The molecule has 0 spiro atoms. The molecule has 23 heavy (non-hydrogen) atoms. The van der Waals surface area contributed by atoms with E-state index in [2.05, 4.69) is 13.0 Å². The lowest BCUT2D eigenvalue weighted by Gasteiger charge is -2.32. The van der Waals surface area contributed by atoms with E-state index >= 15 is 0 Å². The zero-order valence-electron chi connectivity index (χ0n) is 14.5. The average molecular weight is 343 g/mol. The Bertz CT molecular complexity index is 542. The van der Waals surface area contributed by atoms with Crippen molar-refractivity contribution in [2.45, 2.75) is 51.9 Å². The molecular weight excluding hydrogens is 312 g/mol. The Morgan fingerprint density at radius 2 is 2.13 bits per heavy atom. The summed E-state index contributed by atoms with van der Waals surface area (Å²) in [5, 5.41) is 0. The molecule has 1 aliphatic carbocycles. The first-order valence-corrected chi connectivity index (χ1v) is 10.6. The van der Waals surface area contributed by atoms with Gasteiger partial charge in [-0.1, -0.05) is 18.6 Å². The summed E-state index contributed by atoms with van der Waals surface area (Å²) >= 11 is 0. The minimum absolute atomic E-state index is 0.0150. The number of likely N-dealkylation sites (tertiary alicyclic amines) is 1. The summed E-state index contributed by atoms with van der Waals surface area (Å²) in [6.07, 6.45) is 10.9. The first-order valence-electron chi connectivity index (χ1n) is 8.77. The summed E-state index contributed by atoms with van der Waals surface area (Å²) in [5.74, 6) is 0.450. The van der Waals surface area contributed by atoms with E-state index in [1.807, 2.05) is 4.90 Å². The number of nitrogens with zero attached hydrogens (tertiary/aromatic N) is 2. The summed E-state index contributed by atoms with van der Waals surface area (Å²) in [4.78, 5) is 14.3. The van der Waals surface area contributed by atoms with Crippen LogP contribution in [0.15, 0.2) is 11.6 Å². The Hall–Kier alpha value is -0.880. The van der Waals surface area contributed by atoms with E-state index in [0.717, 1.165) is 45.2 Å². The van der Waals surface area contributed by atoms with E-state index in [1.54, 1.807) is 0 Å². The lowest BCUT2D eigenvalue weighted by Crippen LogP contribution is -2.46. The quantitative estimate of drug-likeness (QED) is 0.697. The van der Waals surface area contributed by atoms with E-state index in [9.17, 15) is 13.2 Å². The largest absolute Gasteiger partial charge is 0.341 e. The van der Waals surface area contributed by atoms with Gasteiger partial charge in [-0.2, -0.15) is 4.31 Å². The Balaban J connectivity index is 1.92. The molecule has 2 rings (SSSR count). The molecular formula is C17H30N2O3S. The second-order valence-electron chi connectivity index (χ2n) is 7.04. The van der Waals surface area contributed by atoms with E-state index in [4.69, 9.17) is 0 Å². The third kappa shape index (κ3) is 5.92. The fourth-order valence-electron chi connectivity index (χ4n) is 3.43. The van der Waals surface area contributed by atoms with Crippen LogP contribution in [-0.2, 0) is 14.8 Å². The predicted molar refractivity (Wildman–Crippen MR) is 92.6 cm³/mol. The highest BCUT2D eigenvalue weighted by Gasteiger charge is 2.26. The van der Waals surface area contributed by atoms with Crippen LogP contribution < -0.4 is 0 Å². The molecule has 0 radical (unpaired) electrons. The van der Waals surface area contributed by atoms with Gasteiger partial charge in [-0.3, -0.25) is 4.79 Å². The standard InChI is InChI=1S/C17H30N2O3S/c1-15-7-6-11-18(13-15)17(20)14-19(23(2,21)22)12-10-16-8-4-3-5-9-16/h8,15H,3-7,9-14H2,1-2H3. The number of rotatable bonds is 6. The molecule has 0 aromatic rings. The van der Waals surface area contributed by atoms with Crippen LogP contribution >= 0.6 is 0 Å². The van der Waals surface area contributed by atoms with Crippen LogP contribution in [-0.4, -0.2) is 56.0 Å². The van der Waals surface area contributed by atoms with Crippen LogP contribution in [0, 0.1) is 5.92 Å². The van der Waals surface area contributed by atoms with Gasteiger partial charge in [0.25, 0.3) is 0 Å². The minimum atomic E-state index is -3.35. The minimum Gasteiger partial charge on any atom is -0.341 e. The summed E-state index contributed by atoms with van der Waals surface area (Å²) < 4.78 is 25.4. The molecule has 1 unspecified atom stereocenters. The van der Waals surface area contributed by atoms with Crippen LogP contribution in [0.25, 0.3) is 0 Å². The van der Waals surface area contributed by atoms with Gasteiger partial charge in [0.05, 0.1) is 12.8 Å². The first-order chi connectivity index (χ1) is 10.9. The molecule has 1 aliphatic heterocycles. The van der Waals surface area contributed by atoms with Crippen LogP contribution in [0.3, 0.4) is 0 Å². The zero-order chi connectivity index (χ0) is 16.9. The Labute approximate surface area is 140 Å². The molecule has 0 saturated carbocycles. The smallest absolute Gasteiger partial charge is 0.237 e. The molecule has 0 aromatic carbocycles. The van der Waals surface area contributed by atoms with E-state index < -0.39 is 10.0 Å². The lowest BCUT2D eigenvalue weighted by atomic mass is 9.97. The topological polar surface area (TPSA) is 57.7 Å². The Kier molecular flexibility index (Phi) is 6.65. The molecule has 0 bridgehead atoms. The van der Waals surface area contributed by atoms with Crippen molar-refractivity contribution in [1.82, 2.24) is 9.21 Å². The van der Waals surface area contributed by atoms with Crippen molar-refractivity contribution >= 4 is 15.9 Å². The number of allylic oxidation sites excluding steroid dienone is 1. The van der Waals surface area contributed by atoms with Crippen molar-refractivity contribution in [3.63, 3.8) is 0 Å². The van der Waals surface area contributed by atoms with Crippen molar-refractivity contribution in [2.24, 2.45) is 5.92 Å². The van der Waals surface area contributed by atoms with Crippen LogP contribution in [0.1, 0.15) is 51.9 Å².